The highest BCUT2D eigenvalue weighted by molar-refractivity contribution is 5.78. The number of hydrogen-bond acceptors (Lipinski definition) is 3. The van der Waals surface area contributed by atoms with Crippen molar-refractivity contribution in [2.45, 2.75) is 38.5 Å². The number of ketones is 1. The van der Waals surface area contributed by atoms with Crippen LogP contribution in [0.15, 0.2) is 48.5 Å². The molecule has 0 fully saturated rings. The Balaban J connectivity index is 1.70. The molecule has 24 heavy (non-hydrogen) atoms. The average Bonchev–Trinajstić information content (AvgIpc) is 2.62. The highest BCUT2D eigenvalue weighted by Crippen LogP contribution is 2.21. The lowest BCUT2D eigenvalue weighted by atomic mass is 10.0. The number of para-hydroxylation sites is 2. The third-order valence-corrected chi connectivity index (χ3v) is 4.19. The van der Waals surface area contributed by atoms with Crippen molar-refractivity contribution >= 4 is 5.78 Å². The van der Waals surface area contributed by atoms with Gasteiger partial charge < -0.3 is 9.47 Å². The normalized spacial score (nSPS) is 10.4. The Kier molecular flexibility index (Phi) is 7.34. The fraction of sp³-hybridized carbons (Fsp3) is 0.381. The predicted octanol–water partition coefficient (Wildman–Crippen LogP) is 4.62. The van der Waals surface area contributed by atoms with E-state index in [1.807, 2.05) is 36.4 Å². The third-order valence-electron chi connectivity index (χ3n) is 4.19. The van der Waals surface area contributed by atoms with Crippen molar-refractivity contribution in [3.05, 3.63) is 59.7 Å². The molecule has 0 bridgehead atoms. The van der Waals surface area contributed by atoms with Crippen LogP contribution in [0, 0.1) is 0 Å². The standard InChI is InChI=1S/C21H26O3/c1-23-20-15-5-3-9-17(20)11-7-13-19(22)14-8-12-18-10-4-6-16-21(18)24-2/h3-6,9-10,15-16H,7-8,11-14H2,1-2H3. The molecular formula is C21H26O3. The molecule has 0 aliphatic heterocycles. The monoisotopic (exact) mass is 326 g/mol. The molecule has 3 heteroatoms. The molecule has 0 saturated carbocycles. The largest absolute Gasteiger partial charge is 0.496 e. The van der Waals surface area contributed by atoms with Crippen molar-refractivity contribution in [2.75, 3.05) is 14.2 Å². The number of benzene rings is 2. The van der Waals surface area contributed by atoms with Crippen molar-refractivity contribution in [1.29, 1.82) is 0 Å². The van der Waals surface area contributed by atoms with Crippen molar-refractivity contribution in [3.8, 4) is 11.5 Å². The number of aryl methyl sites for hydroxylation is 2. The van der Waals surface area contributed by atoms with Crippen LogP contribution in [0.25, 0.3) is 0 Å². The van der Waals surface area contributed by atoms with E-state index in [0.717, 1.165) is 37.2 Å². The summed E-state index contributed by atoms with van der Waals surface area (Å²) in [6, 6.07) is 16.0. The maximum Gasteiger partial charge on any atom is 0.132 e. The fourth-order valence-corrected chi connectivity index (χ4v) is 2.90. The van der Waals surface area contributed by atoms with Gasteiger partial charge in [0.25, 0.3) is 0 Å². The summed E-state index contributed by atoms with van der Waals surface area (Å²) in [5.74, 6) is 2.14. The van der Waals surface area contributed by atoms with Crippen LogP contribution in [0.4, 0.5) is 0 Å². The van der Waals surface area contributed by atoms with Crippen LogP contribution in [0.1, 0.15) is 36.8 Å². The molecule has 0 unspecified atom stereocenters. The van der Waals surface area contributed by atoms with Crippen molar-refractivity contribution in [3.63, 3.8) is 0 Å². The number of Topliss-reactive ketones (excluding diaryl/α,β-unsaturated/α-hetero) is 1. The molecule has 0 heterocycles. The minimum Gasteiger partial charge on any atom is -0.496 e. The number of hydrogen-bond donors (Lipinski definition) is 0. The molecule has 2 rings (SSSR count). The summed E-state index contributed by atoms with van der Waals surface area (Å²) >= 11 is 0. The van der Waals surface area contributed by atoms with Gasteiger partial charge in [-0.1, -0.05) is 36.4 Å². The maximum atomic E-state index is 12.1. The Bertz CT molecular complexity index is 594. The topological polar surface area (TPSA) is 35.5 Å². The van der Waals surface area contributed by atoms with Crippen LogP contribution in [0.3, 0.4) is 0 Å². The summed E-state index contributed by atoms with van der Waals surface area (Å²) in [5.41, 5.74) is 2.34. The molecule has 0 aliphatic carbocycles. The zero-order chi connectivity index (χ0) is 17.2. The smallest absolute Gasteiger partial charge is 0.132 e. The van der Waals surface area contributed by atoms with E-state index >= 15 is 0 Å². The summed E-state index contributed by atoms with van der Waals surface area (Å²) in [5, 5.41) is 0. The zero-order valence-electron chi connectivity index (χ0n) is 14.6. The van der Waals surface area contributed by atoms with E-state index < -0.39 is 0 Å². The lowest BCUT2D eigenvalue weighted by molar-refractivity contribution is -0.119. The van der Waals surface area contributed by atoms with Crippen LogP contribution in [-0.4, -0.2) is 20.0 Å². The van der Waals surface area contributed by atoms with Crippen LogP contribution >= 0.6 is 0 Å². The average molecular weight is 326 g/mol. The van der Waals surface area contributed by atoms with Gasteiger partial charge in [0.05, 0.1) is 14.2 Å². The number of rotatable bonds is 10. The predicted molar refractivity (Wildman–Crippen MR) is 96.9 cm³/mol. The van der Waals surface area contributed by atoms with Gasteiger partial charge in [0.15, 0.2) is 0 Å². The molecule has 0 saturated heterocycles. The SMILES string of the molecule is COc1ccccc1CCCC(=O)CCCc1ccccc1OC. The molecule has 2 aromatic rings. The summed E-state index contributed by atoms with van der Waals surface area (Å²) in [6.45, 7) is 0. The third kappa shape index (κ3) is 5.41. The first-order valence-electron chi connectivity index (χ1n) is 8.50. The highest BCUT2D eigenvalue weighted by atomic mass is 16.5. The van der Waals surface area contributed by atoms with Crippen molar-refractivity contribution < 1.29 is 14.3 Å². The van der Waals surface area contributed by atoms with Gasteiger partial charge in [-0.2, -0.15) is 0 Å². The van der Waals surface area contributed by atoms with E-state index in [1.165, 1.54) is 11.1 Å². The molecule has 0 spiro atoms. The summed E-state index contributed by atoms with van der Waals surface area (Å²) < 4.78 is 10.7. The molecule has 3 nitrogen and oxygen atoms in total. The van der Waals surface area contributed by atoms with Crippen LogP contribution in [0.5, 0.6) is 11.5 Å². The Hall–Kier alpha value is -2.29. The number of ether oxygens (including phenoxy) is 2. The quantitative estimate of drug-likeness (QED) is 0.639. The van der Waals surface area contributed by atoms with Crippen LogP contribution < -0.4 is 9.47 Å². The summed E-state index contributed by atoms with van der Waals surface area (Å²) in [4.78, 5) is 12.1. The molecule has 0 aliphatic rings. The Labute approximate surface area is 144 Å². The minimum absolute atomic E-state index is 0.333. The zero-order valence-corrected chi connectivity index (χ0v) is 14.6. The Morgan fingerprint density at radius 1 is 0.750 bits per heavy atom. The van der Waals surface area contributed by atoms with E-state index in [0.29, 0.717) is 18.6 Å². The molecule has 0 atom stereocenters. The Morgan fingerprint density at radius 2 is 1.17 bits per heavy atom. The molecular weight excluding hydrogens is 300 g/mol. The fourth-order valence-electron chi connectivity index (χ4n) is 2.90. The number of carbonyl (C=O) groups is 1. The molecule has 2 aromatic carbocycles. The van der Waals surface area contributed by atoms with Gasteiger partial charge in [-0.15, -0.1) is 0 Å². The molecule has 0 radical (unpaired) electrons. The minimum atomic E-state index is 0.333. The maximum absolute atomic E-state index is 12.1. The van der Waals surface area contributed by atoms with Gasteiger partial charge in [-0.25, -0.2) is 0 Å². The van der Waals surface area contributed by atoms with E-state index in [4.69, 9.17) is 9.47 Å². The van der Waals surface area contributed by atoms with Gasteiger partial charge in [-0.3, -0.25) is 4.79 Å². The van der Waals surface area contributed by atoms with Gasteiger partial charge in [-0.05, 0) is 48.9 Å². The molecule has 0 aromatic heterocycles. The van der Waals surface area contributed by atoms with E-state index in [1.54, 1.807) is 14.2 Å². The van der Waals surface area contributed by atoms with Gasteiger partial charge in [0.2, 0.25) is 0 Å². The number of carbonyl (C=O) groups excluding carboxylic acids is 1. The first-order valence-corrected chi connectivity index (χ1v) is 8.50. The van der Waals surface area contributed by atoms with Crippen molar-refractivity contribution in [2.24, 2.45) is 0 Å². The summed E-state index contributed by atoms with van der Waals surface area (Å²) in [7, 11) is 3.36. The van der Waals surface area contributed by atoms with E-state index in [2.05, 4.69) is 12.1 Å². The van der Waals surface area contributed by atoms with Gasteiger partial charge in [0.1, 0.15) is 17.3 Å². The second kappa shape index (κ2) is 9.76. The van der Waals surface area contributed by atoms with Gasteiger partial charge in [0, 0.05) is 12.8 Å². The lowest BCUT2D eigenvalue weighted by Crippen LogP contribution is -2.01. The first-order chi connectivity index (χ1) is 11.7. The molecule has 0 amide bonds. The van der Waals surface area contributed by atoms with Crippen LogP contribution in [0.2, 0.25) is 0 Å². The van der Waals surface area contributed by atoms with Crippen LogP contribution in [-0.2, 0) is 17.6 Å². The Morgan fingerprint density at radius 3 is 1.58 bits per heavy atom. The lowest BCUT2D eigenvalue weighted by Gasteiger charge is -2.08. The van der Waals surface area contributed by atoms with E-state index in [-0.39, 0.29) is 0 Å². The second-order valence-corrected chi connectivity index (χ2v) is 5.87. The summed E-state index contributed by atoms with van der Waals surface area (Å²) in [6.07, 6.45) is 4.75. The van der Waals surface area contributed by atoms with Gasteiger partial charge >= 0.3 is 0 Å². The molecule has 0 N–H and O–H groups in total. The van der Waals surface area contributed by atoms with Crippen molar-refractivity contribution in [1.82, 2.24) is 0 Å². The highest BCUT2D eigenvalue weighted by Gasteiger charge is 2.07. The second-order valence-electron chi connectivity index (χ2n) is 5.87. The number of methoxy groups -OCH3 is 2. The molecule has 128 valence electrons. The first kappa shape index (κ1) is 18.1. The van der Waals surface area contributed by atoms with E-state index in [9.17, 15) is 4.79 Å².